The Morgan fingerprint density at radius 1 is 1.06 bits per heavy atom. The van der Waals surface area contributed by atoms with Crippen molar-refractivity contribution >= 4 is 6.09 Å². The molecule has 2 aromatic carbocycles. The number of nitrogens with zero attached hydrogens (tertiary/aromatic N) is 3. The number of hydrogen-bond donors (Lipinski definition) is 3. The van der Waals surface area contributed by atoms with Gasteiger partial charge in [0.05, 0.1) is 24.5 Å². The van der Waals surface area contributed by atoms with Crippen LogP contribution in [0.1, 0.15) is 38.1 Å². The van der Waals surface area contributed by atoms with Crippen molar-refractivity contribution in [3.63, 3.8) is 0 Å². The van der Waals surface area contributed by atoms with Gasteiger partial charge in [0.15, 0.2) is 0 Å². The summed E-state index contributed by atoms with van der Waals surface area (Å²) in [6, 6.07) is 16.4. The van der Waals surface area contributed by atoms with Crippen LogP contribution in [-0.2, 0) is 11.2 Å². The largest absolute Gasteiger partial charge is 0.444 e. The number of aliphatic hydroxyl groups excluding tert-OH is 1. The van der Waals surface area contributed by atoms with E-state index in [1.807, 2.05) is 54.6 Å². The molecule has 0 spiro atoms. The summed E-state index contributed by atoms with van der Waals surface area (Å²) >= 11 is 0. The van der Waals surface area contributed by atoms with Crippen LogP contribution in [0.2, 0.25) is 0 Å². The number of ether oxygens (including phenoxy) is 1. The zero-order valence-electron chi connectivity index (χ0n) is 19.8. The topological polar surface area (TPSA) is 128 Å². The molecule has 180 valence electrons. The van der Waals surface area contributed by atoms with Crippen molar-refractivity contribution in [2.75, 3.05) is 6.54 Å². The van der Waals surface area contributed by atoms with Gasteiger partial charge >= 0.3 is 6.09 Å². The van der Waals surface area contributed by atoms with Crippen LogP contribution < -0.4 is 11.5 Å². The van der Waals surface area contributed by atoms with E-state index in [-0.39, 0.29) is 6.54 Å². The maximum atomic E-state index is 13.0. The molecule has 8 nitrogen and oxygen atoms in total. The highest BCUT2D eigenvalue weighted by atomic mass is 16.6. The number of rotatable bonds is 8. The zero-order chi connectivity index (χ0) is 24.7. The maximum absolute atomic E-state index is 13.0. The number of hydrogen-bond acceptors (Lipinski definition) is 7. The third-order valence-corrected chi connectivity index (χ3v) is 5.27. The SMILES string of the molecule is CC(C)(C)OC(=O)N(C[C@H](O)[C@@H](N)Cc1ccccc1)C(N)c1ccc(-c2cnccn2)cc1. The van der Waals surface area contributed by atoms with Crippen LogP contribution >= 0.6 is 0 Å². The Labute approximate surface area is 200 Å². The summed E-state index contributed by atoms with van der Waals surface area (Å²) in [6.45, 7) is 5.27. The van der Waals surface area contributed by atoms with Gasteiger partial charge in [-0.3, -0.25) is 14.9 Å². The van der Waals surface area contributed by atoms with E-state index in [9.17, 15) is 9.90 Å². The van der Waals surface area contributed by atoms with Crippen molar-refractivity contribution in [2.24, 2.45) is 11.5 Å². The second kappa shape index (κ2) is 11.2. The maximum Gasteiger partial charge on any atom is 0.411 e. The molecular formula is C26H33N5O3. The minimum absolute atomic E-state index is 0.0734. The fraction of sp³-hybridized carbons (Fsp3) is 0.346. The van der Waals surface area contributed by atoms with Crippen LogP contribution in [0.3, 0.4) is 0 Å². The second-order valence-corrected chi connectivity index (χ2v) is 9.21. The quantitative estimate of drug-likeness (QED) is 0.437. The van der Waals surface area contributed by atoms with Gasteiger partial charge in [0.1, 0.15) is 11.8 Å². The number of amides is 1. The summed E-state index contributed by atoms with van der Waals surface area (Å²) < 4.78 is 5.57. The van der Waals surface area contributed by atoms with Crippen LogP contribution in [0.15, 0.2) is 73.2 Å². The Hall–Kier alpha value is -3.33. The summed E-state index contributed by atoms with van der Waals surface area (Å²) in [5.41, 5.74) is 15.3. The monoisotopic (exact) mass is 463 g/mol. The van der Waals surface area contributed by atoms with Crippen LogP contribution in [0.4, 0.5) is 4.79 Å². The molecule has 0 saturated carbocycles. The Kier molecular flexibility index (Phi) is 8.33. The molecule has 5 N–H and O–H groups in total. The molecule has 1 unspecified atom stereocenters. The number of nitrogens with two attached hydrogens (primary N) is 2. The van der Waals surface area contributed by atoms with Gasteiger partial charge in [-0.2, -0.15) is 0 Å². The predicted molar refractivity (Wildman–Crippen MR) is 131 cm³/mol. The van der Waals surface area contributed by atoms with Crippen LogP contribution in [0.5, 0.6) is 0 Å². The Balaban J connectivity index is 1.78. The molecule has 1 heterocycles. The van der Waals surface area contributed by atoms with Gasteiger partial charge in [0, 0.05) is 24.0 Å². The van der Waals surface area contributed by atoms with Crippen LogP contribution in [0, 0.1) is 0 Å². The van der Waals surface area contributed by atoms with Gasteiger partial charge in [-0.05, 0) is 38.3 Å². The summed E-state index contributed by atoms with van der Waals surface area (Å²) in [7, 11) is 0. The molecule has 1 aromatic heterocycles. The van der Waals surface area contributed by atoms with E-state index in [1.165, 1.54) is 4.90 Å². The lowest BCUT2D eigenvalue weighted by Gasteiger charge is -2.34. The molecule has 34 heavy (non-hydrogen) atoms. The molecule has 8 heteroatoms. The first kappa shape index (κ1) is 25.3. The van der Waals surface area contributed by atoms with Gasteiger partial charge in [0.25, 0.3) is 0 Å². The van der Waals surface area contributed by atoms with Gasteiger partial charge in [-0.25, -0.2) is 4.79 Å². The lowest BCUT2D eigenvalue weighted by molar-refractivity contribution is 0.00120. The van der Waals surface area contributed by atoms with Gasteiger partial charge in [-0.1, -0.05) is 54.6 Å². The minimum Gasteiger partial charge on any atom is -0.444 e. The number of aliphatic hydroxyl groups is 1. The molecular weight excluding hydrogens is 430 g/mol. The zero-order valence-corrected chi connectivity index (χ0v) is 19.8. The lowest BCUT2D eigenvalue weighted by atomic mass is 10.0. The molecule has 0 aliphatic heterocycles. The molecule has 0 radical (unpaired) electrons. The van der Waals surface area contributed by atoms with Crippen molar-refractivity contribution in [3.8, 4) is 11.3 Å². The van der Waals surface area contributed by atoms with Crippen molar-refractivity contribution in [2.45, 2.75) is 51.1 Å². The van der Waals surface area contributed by atoms with Crippen molar-refractivity contribution in [1.29, 1.82) is 0 Å². The van der Waals surface area contributed by atoms with E-state index < -0.39 is 30.0 Å². The molecule has 3 aromatic rings. The third kappa shape index (κ3) is 7.08. The van der Waals surface area contributed by atoms with Gasteiger partial charge in [-0.15, -0.1) is 0 Å². The first-order valence-electron chi connectivity index (χ1n) is 11.2. The first-order valence-corrected chi connectivity index (χ1v) is 11.2. The highest BCUT2D eigenvalue weighted by Gasteiger charge is 2.31. The summed E-state index contributed by atoms with van der Waals surface area (Å²) in [5, 5.41) is 10.8. The molecule has 0 saturated heterocycles. The predicted octanol–water partition coefficient (Wildman–Crippen LogP) is 3.27. The van der Waals surface area contributed by atoms with Gasteiger partial charge in [0.2, 0.25) is 0 Å². The normalized spacial score (nSPS) is 14.2. The van der Waals surface area contributed by atoms with E-state index in [0.29, 0.717) is 12.0 Å². The van der Waals surface area contributed by atoms with Crippen LogP contribution in [-0.4, -0.2) is 50.4 Å². The van der Waals surface area contributed by atoms with Gasteiger partial charge < -0.3 is 21.3 Å². The molecule has 0 bridgehead atoms. The number of carbonyl (C=O) groups is 1. The standard InChI is InChI=1S/C26H33N5O3/c1-26(2,3)34-25(33)31(17-23(32)21(27)15-18-7-5-4-6-8-18)24(28)20-11-9-19(10-12-20)22-16-29-13-14-30-22/h4-14,16,21,23-24,32H,15,17,27-28H2,1-3H3/t21-,23-,24?/m0/s1. The minimum atomic E-state index is -1.00. The molecule has 0 aliphatic rings. The fourth-order valence-electron chi connectivity index (χ4n) is 3.46. The smallest absolute Gasteiger partial charge is 0.411 e. The highest BCUT2D eigenvalue weighted by molar-refractivity contribution is 5.69. The molecule has 0 aliphatic carbocycles. The third-order valence-electron chi connectivity index (χ3n) is 5.27. The van der Waals surface area contributed by atoms with Crippen molar-refractivity contribution in [3.05, 3.63) is 84.3 Å². The summed E-state index contributed by atoms with van der Waals surface area (Å²) in [5.74, 6) is 0. The van der Waals surface area contributed by atoms with E-state index in [1.54, 1.807) is 39.4 Å². The fourth-order valence-corrected chi connectivity index (χ4v) is 3.46. The molecule has 0 fully saturated rings. The summed E-state index contributed by atoms with van der Waals surface area (Å²) in [4.78, 5) is 22.7. The lowest BCUT2D eigenvalue weighted by Crippen LogP contribution is -2.50. The van der Waals surface area contributed by atoms with Crippen molar-refractivity contribution < 1.29 is 14.6 Å². The Morgan fingerprint density at radius 3 is 2.32 bits per heavy atom. The number of benzene rings is 2. The average molecular weight is 464 g/mol. The number of carbonyl (C=O) groups excluding carboxylic acids is 1. The van der Waals surface area contributed by atoms with Crippen LogP contribution in [0.25, 0.3) is 11.3 Å². The Morgan fingerprint density at radius 2 is 1.74 bits per heavy atom. The number of aromatic nitrogens is 2. The highest BCUT2D eigenvalue weighted by Crippen LogP contribution is 2.23. The summed E-state index contributed by atoms with van der Waals surface area (Å²) in [6.07, 6.45) is 2.91. The molecule has 3 atom stereocenters. The molecule has 3 rings (SSSR count). The molecule has 1 amide bonds. The van der Waals surface area contributed by atoms with E-state index in [2.05, 4.69) is 9.97 Å². The van der Waals surface area contributed by atoms with E-state index in [0.717, 1.165) is 16.8 Å². The Bertz CT molecular complexity index is 1040. The van der Waals surface area contributed by atoms with Crippen molar-refractivity contribution in [1.82, 2.24) is 14.9 Å². The average Bonchev–Trinajstić information content (AvgIpc) is 2.82. The first-order chi connectivity index (χ1) is 16.1. The second-order valence-electron chi connectivity index (χ2n) is 9.21. The van der Waals surface area contributed by atoms with E-state index >= 15 is 0 Å². The van der Waals surface area contributed by atoms with E-state index in [4.69, 9.17) is 16.2 Å².